The first kappa shape index (κ1) is 14.1. The Kier molecular flexibility index (Phi) is 4.29. The predicted octanol–water partition coefficient (Wildman–Crippen LogP) is 2.35. The van der Waals surface area contributed by atoms with Gasteiger partial charge in [0.2, 0.25) is 0 Å². The molecule has 0 aliphatic heterocycles. The highest BCUT2D eigenvalue weighted by Crippen LogP contribution is 2.27. The fourth-order valence-corrected chi connectivity index (χ4v) is 2.38. The second-order valence-corrected chi connectivity index (χ2v) is 4.88. The molecule has 2 aromatic heterocycles. The quantitative estimate of drug-likeness (QED) is 0.731. The number of hydrogen-bond donors (Lipinski definition) is 2. The van der Waals surface area contributed by atoms with Crippen molar-refractivity contribution in [3.8, 4) is 0 Å². The lowest BCUT2D eigenvalue weighted by atomic mass is 9.93. The van der Waals surface area contributed by atoms with Crippen LogP contribution in [0, 0.1) is 0 Å². The second-order valence-electron chi connectivity index (χ2n) is 4.88. The molecule has 3 rings (SSSR count). The minimum absolute atomic E-state index is 0.105. The molecule has 0 saturated carbocycles. The number of carbonyl (C=O) groups is 1. The topological polar surface area (TPSA) is 83.8 Å². The molecule has 0 radical (unpaired) electrons. The van der Waals surface area contributed by atoms with Crippen LogP contribution in [0.25, 0.3) is 0 Å². The van der Waals surface area contributed by atoms with Crippen molar-refractivity contribution in [3.05, 3.63) is 71.9 Å². The molecule has 1 atom stereocenters. The number of hydrogen-bond acceptors (Lipinski definition) is 4. The standard InChI is InChI=1S/C16H16N4O2/c21-16(14-11-18-20-19-14)17-9-8-13(15-7-4-10-22-15)12-5-2-1-3-6-12/h1-7,10-11,13H,8-9H2,(H,17,21)(H,18,19,20)/t13-/m0/s1. The highest BCUT2D eigenvalue weighted by Gasteiger charge is 2.17. The third kappa shape index (κ3) is 3.22. The first-order valence-electron chi connectivity index (χ1n) is 7.07. The van der Waals surface area contributed by atoms with Crippen LogP contribution >= 0.6 is 0 Å². The van der Waals surface area contributed by atoms with Gasteiger partial charge in [0.25, 0.3) is 5.91 Å². The first-order valence-corrected chi connectivity index (χ1v) is 7.07. The van der Waals surface area contributed by atoms with Crippen molar-refractivity contribution >= 4 is 5.91 Å². The molecule has 2 N–H and O–H groups in total. The summed E-state index contributed by atoms with van der Waals surface area (Å²) in [5, 5.41) is 12.6. The third-order valence-electron chi connectivity index (χ3n) is 3.45. The molecule has 0 spiro atoms. The average Bonchev–Trinajstić information content (AvgIpc) is 3.25. The van der Waals surface area contributed by atoms with E-state index in [1.807, 2.05) is 30.3 Å². The number of carbonyl (C=O) groups excluding carboxylic acids is 1. The van der Waals surface area contributed by atoms with E-state index in [4.69, 9.17) is 4.42 Å². The van der Waals surface area contributed by atoms with Gasteiger partial charge in [0, 0.05) is 12.5 Å². The Labute approximate surface area is 127 Å². The number of benzene rings is 1. The van der Waals surface area contributed by atoms with E-state index in [1.54, 1.807) is 6.26 Å². The van der Waals surface area contributed by atoms with Gasteiger partial charge >= 0.3 is 0 Å². The van der Waals surface area contributed by atoms with Gasteiger partial charge in [-0.2, -0.15) is 15.4 Å². The monoisotopic (exact) mass is 296 g/mol. The smallest absolute Gasteiger partial charge is 0.273 e. The summed E-state index contributed by atoms with van der Waals surface area (Å²) < 4.78 is 5.54. The molecule has 0 unspecified atom stereocenters. The van der Waals surface area contributed by atoms with Crippen LogP contribution in [0.1, 0.15) is 34.2 Å². The maximum atomic E-state index is 11.9. The van der Waals surface area contributed by atoms with E-state index < -0.39 is 0 Å². The zero-order valence-corrected chi connectivity index (χ0v) is 11.9. The van der Waals surface area contributed by atoms with Gasteiger partial charge in [0.1, 0.15) is 5.76 Å². The number of H-pyrrole nitrogens is 1. The van der Waals surface area contributed by atoms with Crippen molar-refractivity contribution < 1.29 is 9.21 Å². The van der Waals surface area contributed by atoms with Crippen LogP contribution in [0.2, 0.25) is 0 Å². The van der Waals surface area contributed by atoms with Crippen molar-refractivity contribution in [2.75, 3.05) is 6.54 Å². The lowest BCUT2D eigenvalue weighted by Gasteiger charge is -2.15. The molecular formula is C16H16N4O2. The Morgan fingerprint density at radius 1 is 1.23 bits per heavy atom. The largest absolute Gasteiger partial charge is 0.469 e. The summed E-state index contributed by atoms with van der Waals surface area (Å²) in [5.41, 5.74) is 1.45. The Morgan fingerprint density at radius 2 is 2.09 bits per heavy atom. The maximum Gasteiger partial charge on any atom is 0.273 e. The highest BCUT2D eigenvalue weighted by molar-refractivity contribution is 5.91. The predicted molar refractivity (Wildman–Crippen MR) is 80.3 cm³/mol. The molecule has 1 amide bonds. The number of rotatable bonds is 6. The van der Waals surface area contributed by atoms with Crippen molar-refractivity contribution in [1.82, 2.24) is 20.7 Å². The summed E-state index contributed by atoms with van der Waals surface area (Å²) >= 11 is 0. The third-order valence-corrected chi connectivity index (χ3v) is 3.45. The minimum atomic E-state index is -0.236. The van der Waals surface area contributed by atoms with Crippen LogP contribution in [0.4, 0.5) is 0 Å². The molecular weight excluding hydrogens is 280 g/mol. The number of furan rings is 1. The zero-order valence-electron chi connectivity index (χ0n) is 11.9. The molecule has 0 aliphatic carbocycles. The van der Waals surface area contributed by atoms with Crippen LogP contribution in [0.5, 0.6) is 0 Å². The number of amides is 1. The molecule has 0 saturated heterocycles. The van der Waals surface area contributed by atoms with E-state index in [9.17, 15) is 4.79 Å². The molecule has 112 valence electrons. The van der Waals surface area contributed by atoms with Crippen molar-refractivity contribution in [2.45, 2.75) is 12.3 Å². The Hall–Kier alpha value is -2.89. The molecule has 22 heavy (non-hydrogen) atoms. The number of nitrogens with zero attached hydrogens (tertiary/aromatic N) is 2. The summed E-state index contributed by atoms with van der Waals surface area (Å²) in [5.74, 6) is 0.760. The van der Waals surface area contributed by atoms with E-state index in [-0.39, 0.29) is 17.5 Å². The van der Waals surface area contributed by atoms with Crippen molar-refractivity contribution in [2.24, 2.45) is 0 Å². The summed E-state index contributed by atoms with van der Waals surface area (Å²) in [6.45, 7) is 0.520. The van der Waals surface area contributed by atoms with Crippen LogP contribution in [0.15, 0.2) is 59.3 Å². The summed E-state index contributed by atoms with van der Waals surface area (Å²) in [6.07, 6.45) is 3.80. The van der Waals surface area contributed by atoms with E-state index in [0.29, 0.717) is 6.54 Å². The fraction of sp³-hybridized carbons (Fsp3) is 0.188. The van der Waals surface area contributed by atoms with Crippen LogP contribution in [0.3, 0.4) is 0 Å². The molecule has 0 bridgehead atoms. The first-order chi connectivity index (χ1) is 10.8. The zero-order chi connectivity index (χ0) is 15.2. The normalized spacial score (nSPS) is 12.0. The van der Waals surface area contributed by atoms with Crippen LogP contribution in [-0.4, -0.2) is 27.9 Å². The number of aromatic amines is 1. The van der Waals surface area contributed by atoms with E-state index in [1.165, 1.54) is 6.20 Å². The lowest BCUT2D eigenvalue weighted by molar-refractivity contribution is 0.0947. The Morgan fingerprint density at radius 3 is 2.77 bits per heavy atom. The Balaban J connectivity index is 1.65. The van der Waals surface area contributed by atoms with Crippen LogP contribution in [-0.2, 0) is 0 Å². The van der Waals surface area contributed by atoms with Gasteiger partial charge in [-0.1, -0.05) is 30.3 Å². The molecule has 0 fully saturated rings. The van der Waals surface area contributed by atoms with Gasteiger partial charge in [0.05, 0.1) is 12.5 Å². The summed E-state index contributed by atoms with van der Waals surface area (Å²) in [6, 6.07) is 13.9. The van der Waals surface area contributed by atoms with Crippen molar-refractivity contribution in [1.29, 1.82) is 0 Å². The highest BCUT2D eigenvalue weighted by atomic mass is 16.3. The lowest BCUT2D eigenvalue weighted by Crippen LogP contribution is -2.26. The van der Waals surface area contributed by atoms with Gasteiger partial charge in [0.15, 0.2) is 5.69 Å². The van der Waals surface area contributed by atoms with Gasteiger partial charge in [-0.05, 0) is 24.1 Å². The summed E-state index contributed by atoms with van der Waals surface area (Å²) in [4.78, 5) is 11.9. The Bertz CT molecular complexity index is 693. The molecule has 1 aromatic carbocycles. The van der Waals surface area contributed by atoms with E-state index in [2.05, 4.69) is 32.9 Å². The van der Waals surface area contributed by atoms with Gasteiger partial charge in [-0.15, -0.1) is 0 Å². The average molecular weight is 296 g/mol. The molecule has 0 aliphatic rings. The van der Waals surface area contributed by atoms with E-state index in [0.717, 1.165) is 17.7 Å². The SMILES string of the molecule is O=C(NCC[C@@H](c1ccccc1)c1ccco1)c1cn[nH]n1. The van der Waals surface area contributed by atoms with Gasteiger partial charge < -0.3 is 9.73 Å². The second kappa shape index (κ2) is 6.71. The van der Waals surface area contributed by atoms with Gasteiger partial charge in [-0.3, -0.25) is 4.79 Å². The molecule has 6 heteroatoms. The number of aromatic nitrogens is 3. The molecule has 2 heterocycles. The van der Waals surface area contributed by atoms with Gasteiger partial charge in [-0.25, -0.2) is 0 Å². The van der Waals surface area contributed by atoms with Crippen LogP contribution < -0.4 is 5.32 Å². The molecule has 6 nitrogen and oxygen atoms in total. The molecule has 3 aromatic rings. The number of nitrogens with one attached hydrogen (secondary N) is 2. The van der Waals surface area contributed by atoms with E-state index >= 15 is 0 Å². The van der Waals surface area contributed by atoms with Crippen molar-refractivity contribution in [3.63, 3.8) is 0 Å². The fourth-order valence-electron chi connectivity index (χ4n) is 2.38. The summed E-state index contributed by atoms with van der Waals surface area (Å²) in [7, 11) is 0. The maximum absolute atomic E-state index is 11.9. The minimum Gasteiger partial charge on any atom is -0.469 e.